The molecule has 0 saturated carbocycles. The van der Waals surface area contributed by atoms with Crippen LogP contribution in [-0.2, 0) is 0 Å². The van der Waals surface area contributed by atoms with Crippen LogP contribution in [0.25, 0.3) is 38.5 Å². The molecule has 4 heterocycles. The molecule has 0 radical (unpaired) electrons. The van der Waals surface area contributed by atoms with E-state index in [1.54, 1.807) is 6.20 Å². The van der Waals surface area contributed by atoms with Crippen molar-refractivity contribution in [2.24, 2.45) is 0 Å². The van der Waals surface area contributed by atoms with Crippen LogP contribution in [0.3, 0.4) is 0 Å². The molecule has 2 N–H and O–H groups in total. The summed E-state index contributed by atoms with van der Waals surface area (Å²) < 4.78 is 1.98. The SMILES string of the molecule is CNc1nnc(-c2ccc3[nH]cc(-c4cccc(-n5ccnc5C)n4)c3c2)s1. The Balaban J connectivity index is 1.61. The number of rotatable bonds is 4. The molecule has 0 amide bonds. The van der Waals surface area contributed by atoms with Gasteiger partial charge in [0.1, 0.15) is 16.6 Å². The summed E-state index contributed by atoms with van der Waals surface area (Å²) in [7, 11) is 1.85. The molecule has 0 spiro atoms. The van der Waals surface area contributed by atoms with Gasteiger partial charge in [0.25, 0.3) is 0 Å². The minimum absolute atomic E-state index is 0.800. The average molecular weight is 387 g/mol. The van der Waals surface area contributed by atoms with Crippen LogP contribution >= 0.6 is 11.3 Å². The first kappa shape index (κ1) is 16.6. The first-order valence-electron chi connectivity index (χ1n) is 8.83. The van der Waals surface area contributed by atoms with Gasteiger partial charge in [-0.3, -0.25) is 4.57 Å². The first-order valence-corrected chi connectivity index (χ1v) is 9.65. The lowest BCUT2D eigenvalue weighted by molar-refractivity contribution is 0.935. The maximum atomic E-state index is 4.86. The second kappa shape index (κ2) is 6.58. The molecule has 0 bridgehead atoms. The van der Waals surface area contributed by atoms with Gasteiger partial charge in [0.05, 0.1) is 5.69 Å². The summed E-state index contributed by atoms with van der Waals surface area (Å²) >= 11 is 1.53. The van der Waals surface area contributed by atoms with E-state index < -0.39 is 0 Å². The molecule has 28 heavy (non-hydrogen) atoms. The van der Waals surface area contributed by atoms with Crippen LogP contribution in [0.1, 0.15) is 5.82 Å². The molecule has 5 aromatic rings. The number of nitrogens with one attached hydrogen (secondary N) is 2. The van der Waals surface area contributed by atoms with Crippen LogP contribution in [0.4, 0.5) is 5.13 Å². The van der Waals surface area contributed by atoms with Crippen molar-refractivity contribution >= 4 is 27.4 Å². The predicted octanol–water partition coefficient (Wildman–Crippen LogP) is 4.28. The lowest BCUT2D eigenvalue weighted by Crippen LogP contribution is -1.99. The average Bonchev–Trinajstić information content (AvgIpc) is 3.46. The van der Waals surface area contributed by atoms with Gasteiger partial charge in [-0.2, -0.15) is 0 Å². The number of pyridine rings is 1. The summed E-state index contributed by atoms with van der Waals surface area (Å²) in [4.78, 5) is 12.5. The number of benzene rings is 1. The van der Waals surface area contributed by atoms with Gasteiger partial charge in [0, 0.05) is 47.7 Å². The Labute approximate surface area is 165 Å². The van der Waals surface area contributed by atoms with Gasteiger partial charge in [-0.1, -0.05) is 17.4 Å². The van der Waals surface area contributed by atoms with Gasteiger partial charge in [0.2, 0.25) is 5.13 Å². The molecule has 5 rings (SSSR count). The van der Waals surface area contributed by atoms with E-state index in [-0.39, 0.29) is 0 Å². The number of anilines is 1. The third kappa shape index (κ3) is 2.74. The van der Waals surface area contributed by atoms with E-state index in [1.165, 1.54) is 11.3 Å². The minimum atomic E-state index is 0.800. The van der Waals surface area contributed by atoms with E-state index in [2.05, 4.69) is 43.7 Å². The van der Waals surface area contributed by atoms with Crippen molar-refractivity contribution in [1.82, 2.24) is 29.7 Å². The molecule has 8 heteroatoms. The Morgan fingerprint density at radius 1 is 1.14 bits per heavy atom. The highest BCUT2D eigenvalue weighted by Crippen LogP contribution is 2.33. The Bertz CT molecular complexity index is 1280. The van der Waals surface area contributed by atoms with E-state index in [9.17, 15) is 0 Å². The second-order valence-electron chi connectivity index (χ2n) is 6.35. The summed E-state index contributed by atoms with van der Waals surface area (Å²) in [6.07, 6.45) is 5.70. The van der Waals surface area contributed by atoms with Gasteiger partial charge >= 0.3 is 0 Å². The lowest BCUT2D eigenvalue weighted by atomic mass is 10.1. The van der Waals surface area contributed by atoms with Crippen LogP contribution in [0.15, 0.2) is 55.0 Å². The van der Waals surface area contributed by atoms with Crippen LogP contribution in [0.2, 0.25) is 0 Å². The molecular formula is C20H17N7S. The molecule has 0 unspecified atom stereocenters. The number of H-pyrrole nitrogens is 1. The van der Waals surface area contributed by atoms with E-state index >= 15 is 0 Å². The third-order valence-electron chi connectivity index (χ3n) is 4.65. The highest BCUT2D eigenvalue weighted by Gasteiger charge is 2.12. The van der Waals surface area contributed by atoms with Crippen molar-refractivity contribution in [2.45, 2.75) is 6.92 Å². The number of hydrogen-bond donors (Lipinski definition) is 2. The van der Waals surface area contributed by atoms with Gasteiger partial charge < -0.3 is 10.3 Å². The second-order valence-corrected chi connectivity index (χ2v) is 7.33. The van der Waals surface area contributed by atoms with Crippen molar-refractivity contribution in [1.29, 1.82) is 0 Å². The van der Waals surface area contributed by atoms with E-state index in [0.717, 1.165) is 49.5 Å². The maximum absolute atomic E-state index is 4.86. The number of aromatic amines is 1. The normalized spacial score (nSPS) is 11.2. The molecule has 0 aliphatic heterocycles. The Morgan fingerprint density at radius 3 is 2.86 bits per heavy atom. The number of aromatic nitrogens is 6. The summed E-state index contributed by atoms with van der Waals surface area (Å²) in [5.74, 6) is 1.75. The Morgan fingerprint density at radius 2 is 2.07 bits per heavy atom. The molecule has 0 atom stereocenters. The Hall–Kier alpha value is -3.52. The molecule has 4 aromatic heterocycles. The van der Waals surface area contributed by atoms with Gasteiger partial charge in [0.15, 0.2) is 0 Å². The predicted molar refractivity (Wildman–Crippen MR) is 112 cm³/mol. The smallest absolute Gasteiger partial charge is 0.205 e. The zero-order chi connectivity index (χ0) is 19.1. The number of imidazole rings is 1. The number of hydrogen-bond acceptors (Lipinski definition) is 6. The van der Waals surface area contributed by atoms with Crippen LogP contribution in [0, 0.1) is 6.92 Å². The van der Waals surface area contributed by atoms with Crippen LogP contribution in [0.5, 0.6) is 0 Å². The molecule has 1 aromatic carbocycles. The van der Waals surface area contributed by atoms with E-state index in [1.807, 2.05) is 49.1 Å². The highest BCUT2D eigenvalue weighted by molar-refractivity contribution is 7.18. The zero-order valence-corrected chi connectivity index (χ0v) is 16.2. The van der Waals surface area contributed by atoms with Crippen molar-refractivity contribution in [3.63, 3.8) is 0 Å². The van der Waals surface area contributed by atoms with Crippen molar-refractivity contribution in [2.75, 3.05) is 12.4 Å². The summed E-state index contributed by atoms with van der Waals surface area (Å²) in [5, 5.41) is 14.2. The van der Waals surface area contributed by atoms with Gasteiger partial charge in [-0.25, -0.2) is 9.97 Å². The topological polar surface area (TPSA) is 84.3 Å². The number of fused-ring (bicyclic) bond motifs is 1. The molecule has 7 nitrogen and oxygen atoms in total. The van der Waals surface area contributed by atoms with Crippen LogP contribution < -0.4 is 5.32 Å². The van der Waals surface area contributed by atoms with Crippen LogP contribution in [-0.4, -0.2) is 36.8 Å². The number of aryl methyl sites for hydroxylation is 1. The van der Waals surface area contributed by atoms with E-state index in [0.29, 0.717) is 0 Å². The summed E-state index contributed by atoms with van der Waals surface area (Å²) in [6.45, 7) is 1.97. The fourth-order valence-corrected chi connectivity index (χ4v) is 3.93. The van der Waals surface area contributed by atoms with Crippen molar-refractivity contribution < 1.29 is 0 Å². The molecule has 0 fully saturated rings. The quantitative estimate of drug-likeness (QED) is 0.481. The monoisotopic (exact) mass is 387 g/mol. The van der Waals surface area contributed by atoms with Gasteiger partial charge in [-0.05, 0) is 37.3 Å². The first-order chi connectivity index (χ1) is 13.7. The maximum Gasteiger partial charge on any atom is 0.205 e. The van der Waals surface area contributed by atoms with Gasteiger partial charge in [-0.15, -0.1) is 10.2 Å². The molecule has 138 valence electrons. The highest BCUT2D eigenvalue weighted by atomic mass is 32.1. The fourth-order valence-electron chi connectivity index (χ4n) is 3.23. The molecule has 0 saturated heterocycles. The summed E-state index contributed by atoms with van der Waals surface area (Å²) in [5.41, 5.74) is 4.05. The molecule has 0 aliphatic carbocycles. The zero-order valence-electron chi connectivity index (χ0n) is 15.3. The summed E-state index contributed by atoms with van der Waals surface area (Å²) in [6, 6.07) is 12.3. The standard InChI is InChI=1S/C20H17N7S/c1-12-22-8-9-27(12)18-5-3-4-17(24-18)15-11-23-16-7-6-13(10-14(15)16)19-25-26-20(21-2)28-19/h3-11,23H,1-2H3,(H,21,26). The van der Waals surface area contributed by atoms with Crippen molar-refractivity contribution in [3.05, 3.63) is 60.8 Å². The molecular weight excluding hydrogens is 370 g/mol. The third-order valence-corrected chi connectivity index (χ3v) is 5.64. The Kier molecular flexibility index (Phi) is 3.91. The fraction of sp³-hybridized carbons (Fsp3) is 0.100. The largest absolute Gasteiger partial charge is 0.363 e. The van der Waals surface area contributed by atoms with E-state index in [4.69, 9.17) is 4.98 Å². The van der Waals surface area contributed by atoms with Crippen molar-refractivity contribution in [3.8, 4) is 27.6 Å². The molecule has 0 aliphatic rings. The lowest BCUT2D eigenvalue weighted by Gasteiger charge is -2.06. The number of nitrogens with zero attached hydrogens (tertiary/aromatic N) is 5. The minimum Gasteiger partial charge on any atom is -0.363 e.